The zero-order valence-electron chi connectivity index (χ0n) is 12.3. The van der Waals surface area contributed by atoms with Crippen LogP contribution in [0.2, 0.25) is 0 Å². The molecular formula is C16H27NO3. The van der Waals surface area contributed by atoms with Crippen molar-refractivity contribution >= 4 is 5.97 Å². The van der Waals surface area contributed by atoms with E-state index in [1.54, 1.807) is 0 Å². The van der Waals surface area contributed by atoms with Crippen LogP contribution >= 0.6 is 0 Å². The van der Waals surface area contributed by atoms with Gasteiger partial charge in [0.15, 0.2) is 0 Å². The molecule has 3 fully saturated rings. The normalized spacial score (nSPS) is 34.7. The Bertz CT molecular complexity index is 350. The number of ether oxygens (including phenoxy) is 1. The van der Waals surface area contributed by atoms with Gasteiger partial charge in [-0.05, 0) is 50.9 Å². The third kappa shape index (κ3) is 3.01. The van der Waals surface area contributed by atoms with Crippen molar-refractivity contribution in [3.63, 3.8) is 0 Å². The van der Waals surface area contributed by atoms with Crippen LogP contribution in [-0.4, -0.2) is 35.4 Å². The van der Waals surface area contributed by atoms with Crippen LogP contribution in [0.3, 0.4) is 0 Å². The minimum Gasteiger partial charge on any atom is -0.480 e. The van der Waals surface area contributed by atoms with Crippen LogP contribution < -0.4 is 5.32 Å². The van der Waals surface area contributed by atoms with Crippen molar-refractivity contribution in [3.8, 4) is 0 Å². The predicted molar refractivity (Wildman–Crippen MR) is 76.7 cm³/mol. The van der Waals surface area contributed by atoms with E-state index in [1.165, 1.54) is 25.7 Å². The highest BCUT2D eigenvalue weighted by molar-refractivity contribution is 5.80. The first-order valence-corrected chi connectivity index (χ1v) is 8.33. The molecule has 0 spiro atoms. The summed E-state index contributed by atoms with van der Waals surface area (Å²) in [5, 5.41) is 13.2. The average Bonchev–Trinajstić information content (AvgIpc) is 2.91. The van der Waals surface area contributed by atoms with Crippen molar-refractivity contribution in [2.24, 2.45) is 5.92 Å². The van der Waals surface area contributed by atoms with Gasteiger partial charge >= 0.3 is 5.97 Å². The maximum Gasteiger partial charge on any atom is 0.324 e. The van der Waals surface area contributed by atoms with Crippen LogP contribution in [0.1, 0.15) is 64.2 Å². The van der Waals surface area contributed by atoms with Gasteiger partial charge in [-0.15, -0.1) is 0 Å². The summed E-state index contributed by atoms with van der Waals surface area (Å²) in [7, 11) is 0. The van der Waals surface area contributed by atoms with Crippen LogP contribution in [0, 0.1) is 5.92 Å². The molecule has 3 aliphatic rings. The number of carboxylic acids is 1. The summed E-state index contributed by atoms with van der Waals surface area (Å²) in [6, 6.07) is 0.447. The Labute approximate surface area is 121 Å². The van der Waals surface area contributed by atoms with E-state index in [4.69, 9.17) is 4.74 Å². The Balaban J connectivity index is 1.53. The fourth-order valence-electron chi connectivity index (χ4n) is 4.03. The Hall–Kier alpha value is -0.610. The largest absolute Gasteiger partial charge is 0.480 e. The van der Waals surface area contributed by atoms with Crippen molar-refractivity contribution in [1.82, 2.24) is 5.32 Å². The first-order valence-electron chi connectivity index (χ1n) is 8.33. The summed E-state index contributed by atoms with van der Waals surface area (Å²) in [6.45, 7) is 0.733. The minimum atomic E-state index is -0.666. The third-order valence-electron chi connectivity index (χ3n) is 5.36. The molecule has 2 atom stereocenters. The summed E-state index contributed by atoms with van der Waals surface area (Å²) < 4.78 is 5.94. The first-order chi connectivity index (χ1) is 9.71. The van der Waals surface area contributed by atoms with Gasteiger partial charge in [0, 0.05) is 12.6 Å². The molecule has 3 aliphatic carbocycles. The van der Waals surface area contributed by atoms with Gasteiger partial charge in [0.1, 0.15) is 5.54 Å². The number of aliphatic carboxylic acids is 1. The lowest BCUT2D eigenvalue weighted by molar-refractivity contribution is -0.147. The summed E-state index contributed by atoms with van der Waals surface area (Å²) >= 11 is 0. The fraction of sp³-hybridized carbons (Fsp3) is 0.938. The molecule has 2 unspecified atom stereocenters. The maximum absolute atomic E-state index is 11.8. The predicted octanol–water partition coefficient (Wildman–Crippen LogP) is 2.71. The molecule has 3 rings (SSSR count). The van der Waals surface area contributed by atoms with Gasteiger partial charge in [0.05, 0.1) is 6.10 Å². The lowest BCUT2D eigenvalue weighted by Crippen LogP contribution is -2.55. The maximum atomic E-state index is 11.8. The number of carbonyl (C=O) groups is 1. The quantitative estimate of drug-likeness (QED) is 0.753. The van der Waals surface area contributed by atoms with Gasteiger partial charge in [0.2, 0.25) is 0 Å². The smallest absolute Gasteiger partial charge is 0.324 e. The molecule has 0 aliphatic heterocycles. The topological polar surface area (TPSA) is 58.6 Å². The highest BCUT2D eigenvalue weighted by Gasteiger charge is 2.51. The van der Waals surface area contributed by atoms with Gasteiger partial charge in [-0.3, -0.25) is 10.1 Å². The molecule has 20 heavy (non-hydrogen) atoms. The second kappa shape index (κ2) is 6.02. The van der Waals surface area contributed by atoms with Crippen LogP contribution in [0.15, 0.2) is 0 Å². The standard InChI is InChI=1S/C16H27NO3/c18-15(19)16(17-13-7-8-13)10-3-4-12(16)9-11-20-14-5-1-2-6-14/h12-14,17H,1-11H2,(H,18,19). The SMILES string of the molecule is O=C(O)C1(NC2CC2)CCCC1CCOC1CCCC1. The molecule has 2 N–H and O–H groups in total. The summed E-state index contributed by atoms with van der Waals surface area (Å²) in [5.41, 5.74) is -0.666. The van der Waals surface area contributed by atoms with E-state index in [-0.39, 0.29) is 5.92 Å². The lowest BCUT2D eigenvalue weighted by Gasteiger charge is -2.33. The van der Waals surface area contributed by atoms with E-state index in [1.807, 2.05) is 0 Å². The van der Waals surface area contributed by atoms with Gasteiger partial charge < -0.3 is 9.84 Å². The molecule has 0 saturated heterocycles. The minimum absolute atomic E-state index is 0.238. The molecule has 114 valence electrons. The zero-order chi connectivity index (χ0) is 14.0. The molecule has 4 nitrogen and oxygen atoms in total. The highest BCUT2D eigenvalue weighted by Crippen LogP contribution is 2.41. The third-order valence-corrected chi connectivity index (χ3v) is 5.36. The highest BCUT2D eigenvalue weighted by atomic mass is 16.5. The Morgan fingerprint density at radius 2 is 1.90 bits per heavy atom. The van der Waals surface area contributed by atoms with Gasteiger partial charge in [-0.25, -0.2) is 0 Å². The van der Waals surface area contributed by atoms with E-state index >= 15 is 0 Å². The molecule has 0 heterocycles. The van der Waals surface area contributed by atoms with Crippen LogP contribution in [0.5, 0.6) is 0 Å². The second-order valence-electron chi connectivity index (χ2n) is 6.85. The summed E-state index contributed by atoms with van der Waals surface area (Å²) in [4.78, 5) is 11.8. The van der Waals surface area contributed by atoms with Crippen molar-refractivity contribution in [2.45, 2.75) is 81.9 Å². The number of nitrogens with one attached hydrogen (secondary N) is 1. The van der Waals surface area contributed by atoms with E-state index in [0.29, 0.717) is 12.1 Å². The van der Waals surface area contributed by atoms with Crippen molar-refractivity contribution in [2.75, 3.05) is 6.61 Å². The van der Waals surface area contributed by atoms with Crippen molar-refractivity contribution in [1.29, 1.82) is 0 Å². The molecule has 0 bridgehead atoms. The van der Waals surface area contributed by atoms with Gasteiger partial charge in [-0.1, -0.05) is 19.3 Å². The van der Waals surface area contributed by atoms with Crippen molar-refractivity contribution < 1.29 is 14.6 Å². The first kappa shape index (κ1) is 14.3. The summed E-state index contributed by atoms with van der Waals surface area (Å²) in [5.74, 6) is -0.408. The van der Waals surface area contributed by atoms with Crippen LogP contribution in [-0.2, 0) is 9.53 Å². The Morgan fingerprint density at radius 1 is 1.15 bits per heavy atom. The van der Waals surface area contributed by atoms with Gasteiger partial charge in [0.25, 0.3) is 0 Å². The lowest BCUT2D eigenvalue weighted by atomic mass is 9.84. The average molecular weight is 281 g/mol. The zero-order valence-corrected chi connectivity index (χ0v) is 12.3. The number of hydrogen-bond acceptors (Lipinski definition) is 3. The fourth-order valence-corrected chi connectivity index (χ4v) is 4.03. The number of hydrogen-bond donors (Lipinski definition) is 2. The van der Waals surface area contributed by atoms with E-state index in [0.717, 1.165) is 45.1 Å². The van der Waals surface area contributed by atoms with E-state index < -0.39 is 11.5 Å². The molecule has 0 aromatic heterocycles. The van der Waals surface area contributed by atoms with Gasteiger partial charge in [-0.2, -0.15) is 0 Å². The molecule has 0 amide bonds. The molecule has 0 aromatic rings. The summed E-state index contributed by atoms with van der Waals surface area (Å²) in [6.07, 6.45) is 11.4. The van der Waals surface area contributed by atoms with E-state index in [9.17, 15) is 9.90 Å². The van der Waals surface area contributed by atoms with Crippen molar-refractivity contribution in [3.05, 3.63) is 0 Å². The second-order valence-corrected chi connectivity index (χ2v) is 6.85. The monoisotopic (exact) mass is 281 g/mol. The Kier molecular flexibility index (Phi) is 4.32. The van der Waals surface area contributed by atoms with Crippen LogP contribution in [0.25, 0.3) is 0 Å². The van der Waals surface area contributed by atoms with Crippen LogP contribution in [0.4, 0.5) is 0 Å². The molecule has 4 heteroatoms. The molecular weight excluding hydrogens is 254 g/mol. The molecule has 0 aromatic carbocycles. The number of carboxylic acid groups (broad SMARTS) is 1. The number of rotatable bonds is 7. The molecule has 3 saturated carbocycles. The molecule has 0 radical (unpaired) electrons. The van der Waals surface area contributed by atoms with E-state index in [2.05, 4.69) is 5.32 Å². The Morgan fingerprint density at radius 3 is 2.55 bits per heavy atom.